The van der Waals surface area contributed by atoms with E-state index >= 15 is 0 Å². The maximum atomic E-state index is 12.0. The van der Waals surface area contributed by atoms with Gasteiger partial charge in [-0.3, -0.25) is 10.1 Å². The van der Waals surface area contributed by atoms with Crippen LogP contribution in [0.5, 0.6) is 0 Å². The van der Waals surface area contributed by atoms with E-state index in [0.717, 1.165) is 5.75 Å². The number of aryl methyl sites for hydroxylation is 1. The monoisotopic (exact) mass is 264 g/mol. The molecule has 2 N–H and O–H groups in total. The van der Waals surface area contributed by atoms with Crippen molar-refractivity contribution in [3.05, 3.63) is 35.4 Å². The summed E-state index contributed by atoms with van der Waals surface area (Å²) in [6.07, 6.45) is 0. The lowest BCUT2D eigenvalue weighted by Gasteiger charge is -2.18. The van der Waals surface area contributed by atoms with E-state index in [1.54, 1.807) is 11.8 Å². The first-order valence-corrected chi connectivity index (χ1v) is 7.20. The smallest absolute Gasteiger partial charge is 0.238 e. The Hall–Kier alpha value is -1.000. The molecular weight excluding hydrogens is 244 g/mol. The molecule has 2 rings (SSSR count). The van der Waals surface area contributed by atoms with Gasteiger partial charge in [0, 0.05) is 12.3 Å². The van der Waals surface area contributed by atoms with Gasteiger partial charge in [-0.05, 0) is 31.9 Å². The first-order valence-electron chi connectivity index (χ1n) is 6.22. The Kier molecular flexibility index (Phi) is 3.97. The third-order valence-corrected chi connectivity index (χ3v) is 4.50. The molecule has 1 fully saturated rings. The molecule has 1 heterocycles. The Labute approximate surface area is 113 Å². The molecule has 3 nitrogen and oxygen atoms in total. The molecule has 4 heteroatoms. The number of rotatable bonds is 3. The molecule has 1 aromatic rings. The lowest BCUT2D eigenvalue weighted by atomic mass is 10.1. The summed E-state index contributed by atoms with van der Waals surface area (Å²) < 4.78 is 0. The number of benzene rings is 1. The summed E-state index contributed by atoms with van der Waals surface area (Å²) in [5.41, 5.74) is 2.39. The molecule has 18 heavy (non-hydrogen) atoms. The third-order valence-electron chi connectivity index (χ3n) is 3.16. The van der Waals surface area contributed by atoms with E-state index in [1.807, 2.05) is 12.1 Å². The van der Waals surface area contributed by atoms with Crippen molar-refractivity contribution in [1.29, 1.82) is 0 Å². The van der Waals surface area contributed by atoms with Crippen LogP contribution in [0.2, 0.25) is 0 Å². The fraction of sp³-hybridized carbons (Fsp3) is 0.500. The molecular formula is C14H20N2OS. The van der Waals surface area contributed by atoms with Crippen LogP contribution in [0.3, 0.4) is 0 Å². The number of thioether (sulfide) groups is 1. The van der Waals surface area contributed by atoms with Crippen LogP contribution >= 0.6 is 11.8 Å². The van der Waals surface area contributed by atoms with Gasteiger partial charge in [0.15, 0.2) is 0 Å². The second-order valence-electron chi connectivity index (χ2n) is 5.16. The Morgan fingerprint density at radius 3 is 2.83 bits per heavy atom. The second-order valence-corrected chi connectivity index (χ2v) is 6.81. The minimum atomic E-state index is -0.0750. The van der Waals surface area contributed by atoms with Crippen molar-refractivity contribution in [3.8, 4) is 0 Å². The van der Waals surface area contributed by atoms with E-state index in [0.29, 0.717) is 6.54 Å². The van der Waals surface area contributed by atoms with Gasteiger partial charge in [0.25, 0.3) is 0 Å². The average molecular weight is 264 g/mol. The van der Waals surface area contributed by atoms with Crippen molar-refractivity contribution in [3.63, 3.8) is 0 Å². The Balaban J connectivity index is 1.88. The minimum absolute atomic E-state index is 0.00463. The molecule has 1 aromatic carbocycles. The van der Waals surface area contributed by atoms with E-state index in [1.165, 1.54) is 11.1 Å². The average Bonchev–Trinajstić information content (AvgIpc) is 2.68. The molecule has 0 spiro atoms. The molecule has 0 radical (unpaired) electrons. The van der Waals surface area contributed by atoms with Crippen LogP contribution in [-0.2, 0) is 11.3 Å². The fourth-order valence-electron chi connectivity index (χ4n) is 2.05. The van der Waals surface area contributed by atoms with Crippen LogP contribution in [0, 0.1) is 6.92 Å². The highest BCUT2D eigenvalue weighted by Gasteiger charge is 2.34. The summed E-state index contributed by atoms with van der Waals surface area (Å²) >= 11 is 1.79. The van der Waals surface area contributed by atoms with Gasteiger partial charge in [0.05, 0.1) is 10.9 Å². The van der Waals surface area contributed by atoms with Gasteiger partial charge in [-0.15, -0.1) is 11.8 Å². The molecule has 0 saturated carbocycles. The lowest BCUT2D eigenvalue weighted by molar-refractivity contribution is -0.122. The Morgan fingerprint density at radius 1 is 1.50 bits per heavy atom. The van der Waals surface area contributed by atoms with E-state index < -0.39 is 0 Å². The number of hydrogen-bond acceptors (Lipinski definition) is 3. The summed E-state index contributed by atoms with van der Waals surface area (Å²) in [4.78, 5) is 12.0. The van der Waals surface area contributed by atoms with Crippen LogP contribution in [0.4, 0.5) is 0 Å². The lowest BCUT2D eigenvalue weighted by Crippen LogP contribution is -2.46. The second kappa shape index (κ2) is 5.33. The normalized spacial score (nSPS) is 21.8. The van der Waals surface area contributed by atoms with Crippen LogP contribution < -0.4 is 10.6 Å². The van der Waals surface area contributed by atoms with E-state index in [4.69, 9.17) is 0 Å². The number of amides is 1. The van der Waals surface area contributed by atoms with Gasteiger partial charge in [-0.25, -0.2) is 0 Å². The molecule has 1 aliphatic heterocycles. The van der Waals surface area contributed by atoms with Gasteiger partial charge in [0.2, 0.25) is 5.91 Å². The standard InChI is InChI=1S/C14H20N2OS/c1-10-6-4-5-7-11(10)8-15-13(17)12-9-18-14(2,3)16-12/h4-7,12,16H,8-9H2,1-3H3,(H,15,17)/t12-/m0/s1. The summed E-state index contributed by atoms with van der Waals surface area (Å²) in [5.74, 6) is 0.934. The predicted molar refractivity (Wildman–Crippen MR) is 76.5 cm³/mol. The van der Waals surface area contributed by atoms with Gasteiger partial charge >= 0.3 is 0 Å². The molecule has 1 saturated heterocycles. The van der Waals surface area contributed by atoms with E-state index in [-0.39, 0.29) is 16.8 Å². The first kappa shape index (κ1) is 13.4. The molecule has 98 valence electrons. The molecule has 0 unspecified atom stereocenters. The highest BCUT2D eigenvalue weighted by atomic mass is 32.2. The van der Waals surface area contributed by atoms with Crippen molar-refractivity contribution in [2.24, 2.45) is 0 Å². The van der Waals surface area contributed by atoms with Crippen LogP contribution in [0.25, 0.3) is 0 Å². The molecule has 0 aromatic heterocycles. The number of carbonyl (C=O) groups excluding carboxylic acids is 1. The number of carbonyl (C=O) groups is 1. The van der Waals surface area contributed by atoms with Crippen LogP contribution in [-0.4, -0.2) is 22.6 Å². The molecule has 1 amide bonds. The molecule has 1 atom stereocenters. The van der Waals surface area contributed by atoms with Crippen LogP contribution in [0.15, 0.2) is 24.3 Å². The zero-order valence-electron chi connectivity index (χ0n) is 11.1. The van der Waals surface area contributed by atoms with E-state index in [9.17, 15) is 4.79 Å². The molecule has 0 bridgehead atoms. The Bertz CT molecular complexity index is 445. The highest BCUT2D eigenvalue weighted by molar-refractivity contribution is 8.00. The molecule has 0 aliphatic carbocycles. The largest absolute Gasteiger partial charge is 0.351 e. The fourth-order valence-corrected chi connectivity index (χ4v) is 3.09. The van der Waals surface area contributed by atoms with Crippen molar-refractivity contribution in [2.75, 3.05) is 5.75 Å². The topological polar surface area (TPSA) is 41.1 Å². The summed E-state index contributed by atoms with van der Waals surface area (Å²) in [7, 11) is 0. The quantitative estimate of drug-likeness (QED) is 0.878. The zero-order chi connectivity index (χ0) is 13.2. The maximum absolute atomic E-state index is 12.0. The zero-order valence-corrected chi connectivity index (χ0v) is 11.9. The maximum Gasteiger partial charge on any atom is 0.238 e. The summed E-state index contributed by atoms with van der Waals surface area (Å²) in [6, 6.07) is 8.05. The number of nitrogens with one attached hydrogen (secondary N) is 2. The Morgan fingerprint density at radius 2 is 2.22 bits per heavy atom. The number of hydrogen-bond donors (Lipinski definition) is 2. The third kappa shape index (κ3) is 3.27. The first-order chi connectivity index (χ1) is 8.48. The highest BCUT2D eigenvalue weighted by Crippen LogP contribution is 2.29. The summed E-state index contributed by atoms with van der Waals surface area (Å²) in [5, 5.41) is 6.34. The van der Waals surface area contributed by atoms with Crippen molar-refractivity contribution >= 4 is 17.7 Å². The minimum Gasteiger partial charge on any atom is -0.351 e. The van der Waals surface area contributed by atoms with Gasteiger partial charge < -0.3 is 5.32 Å². The van der Waals surface area contributed by atoms with Crippen LogP contribution in [0.1, 0.15) is 25.0 Å². The van der Waals surface area contributed by atoms with Crippen molar-refractivity contribution in [1.82, 2.24) is 10.6 Å². The van der Waals surface area contributed by atoms with Crippen molar-refractivity contribution in [2.45, 2.75) is 38.2 Å². The van der Waals surface area contributed by atoms with Gasteiger partial charge in [-0.1, -0.05) is 24.3 Å². The SMILES string of the molecule is Cc1ccccc1CNC(=O)[C@@H]1CSC(C)(C)N1. The van der Waals surface area contributed by atoms with E-state index in [2.05, 4.69) is 43.5 Å². The van der Waals surface area contributed by atoms with Crippen molar-refractivity contribution < 1.29 is 4.79 Å². The van der Waals surface area contributed by atoms with Gasteiger partial charge in [0.1, 0.15) is 0 Å². The van der Waals surface area contributed by atoms with Gasteiger partial charge in [-0.2, -0.15) is 0 Å². The summed E-state index contributed by atoms with van der Waals surface area (Å²) in [6.45, 7) is 6.88. The predicted octanol–water partition coefficient (Wildman–Crippen LogP) is 2.05. The molecule has 1 aliphatic rings.